The molecule has 0 spiro atoms. The molecule has 0 aromatic heterocycles. The van der Waals surface area contributed by atoms with Gasteiger partial charge in [-0.05, 0) is 45.7 Å². The Morgan fingerprint density at radius 1 is 1.35 bits per heavy atom. The molecule has 1 saturated heterocycles. The highest BCUT2D eigenvalue weighted by Gasteiger charge is 2.28. The minimum Gasteiger partial charge on any atom is -0.490 e. The van der Waals surface area contributed by atoms with Crippen LogP contribution in [0, 0.1) is 17.6 Å². The van der Waals surface area contributed by atoms with Crippen molar-refractivity contribution in [2.45, 2.75) is 39.2 Å². The molecule has 1 atom stereocenters. The van der Waals surface area contributed by atoms with Crippen molar-refractivity contribution in [3.63, 3.8) is 0 Å². The largest absolute Gasteiger partial charge is 0.490 e. The topological polar surface area (TPSA) is 38.8 Å². The van der Waals surface area contributed by atoms with Crippen LogP contribution in [0.25, 0.3) is 0 Å². The molecule has 4 nitrogen and oxygen atoms in total. The van der Waals surface area contributed by atoms with Crippen LogP contribution in [0.5, 0.6) is 5.75 Å². The van der Waals surface area contributed by atoms with E-state index in [1.54, 1.807) is 4.90 Å². The molecule has 6 heteroatoms. The van der Waals surface area contributed by atoms with Crippen LogP contribution in [0.15, 0.2) is 18.2 Å². The van der Waals surface area contributed by atoms with Crippen LogP contribution in [-0.2, 0) is 4.74 Å². The molecule has 1 aromatic rings. The van der Waals surface area contributed by atoms with Crippen molar-refractivity contribution < 1.29 is 23.0 Å². The summed E-state index contributed by atoms with van der Waals surface area (Å²) in [5.74, 6) is -1.16. The lowest BCUT2D eigenvalue weighted by atomic mass is 9.99. The van der Waals surface area contributed by atoms with E-state index < -0.39 is 17.2 Å². The van der Waals surface area contributed by atoms with E-state index in [0.717, 1.165) is 31.0 Å². The molecule has 0 unspecified atom stereocenters. The van der Waals surface area contributed by atoms with Gasteiger partial charge >= 0.3 is 6.09 Å². The summed E-state index contributed by atoms with van der Waals surface area (Å²) in [6.07, 6.45) is 1.36. The second kappa shape index (κ2) is 7.15. The third-order valence-corrected chi connectivity index (χ3v) is 3.54. The number of halogens is 2. The SMILES string of the molecule is CC(C)(C)OC(=O)N1CCC[C@@H](COc2cc(F)ccc2F)C1. The van der Waals surface area contributed by atoms with Gasteiger partial charge in [0.25, 0.3) is 0 Å². The summed E-state index contributed by atoms with van der Waals surface area (Å²) in [7, 11) is 0. The number of hydrogen-bond acceptors (Lipinski definition) is 3. The molecule has 1 heterocycles. The first-order valence-corrected chi connectivity index (χ1v) is 7.80. The molecule has 1 fully saturated rings. The van der Waals surface area contributed by atoms with Gasteiger partial charge in [0.05, 0.1) is 6.61 Å². The van der Waals surface area contributed by atoms with Crippen molar-refractivity contribution >= 4 is 6.09 Å². The summed E-state index contributed by atoms with van der Waals surface area (Å²) in [5, 5.41) is 0. The average molecular weight is 327 g/mol. The molecule has 128 valence electrons. The Morgan fingerprint density at radius 2 is 2.09 bits per heavy atom. The fraction of sp³-hybridized carbons (Fsp3) is 0.588. The van der Waals surface area contributed by atoms with E-state index in [4.69, 9.17) is 9.47 Å². The zero-order valence-corrected chi connectivity index (χ0v) is 13.8. The molecule has 1 amide bonds. The van der Waals surface area contributed by atoms with Crippen LogP contribution in [0.1, 0.15) is 33.6 Å². The number of amides is 1. The molecule has 0 saturated carbocycles. The smallest absolute Gasteiger partial charge is 0.410 e. The minimum atomic E-state index is -0.591. The number of carbonyl (C=O) groups excluding carboxylic acids is 1. The Balaban J connectivity index is 1.89. The van der Waals surface area contributed by atoms with Gasteiger partial charge in [0.1, 0.15) is 11.4 Å². The molecule has 0 aliphatic carbocycles. The first kappa shape index (κ1) is 17.5. The van der Waals surface area contributed by atoms with Gasteiger partial charge in [0.15, 0.2) is 11.6 Å². The average Bonchev–Trinajstić information content (AvgIpc) is 2.47. The molecule has 1 aromatic carbocycles. The van der Waals surface area contributed by atoms with Gasteiger partial charge in [-0.15, -0.1) is 0 Å². The van der Waals surface area contributed by atoms with E-state index in [-0.39, 0.29) is 24.4 Å². The van der Waals surface area contributed by atoms with Gasteiger partial charge in [-0.1, -0.05) is 0 Å². The van der Waals surface area contributed by atoms with Crippen LogP contribution in [0.3, 0.4) is 0 Å². The van der Waals surface area contributed by atoms with Crippen LogP contribution >= 0.6 is 0 Å². The van der Waals surface area contributed by atoms with Gasteiger partial charge in [-0.2, -0.15) is 0 Å². The van der Waals surface area contributed by atoms with E-state index in [1.165, 1.54) is 0 Å². The maximum absolute atomic E-state index is 13.5. The van der Waals surface area contributed by atoms with E-state index in [1.807, 2.05) is 20.8 Å². The molecule has 1 aliphatic heterocycles. The number of likely N-dealkylation sites (tertiary alicyclic amines) is 1. The number of rotatable bonds is 3. The first-order chi connectivity index (χ1) is 10.7. The third kappa shape index (κ3) is 5.37. The molecular formula is C17H23F2NO3. The Labute approximate surface area is 135 Å². The van der Waals surface area contributed by atoms with Crippen LogP contribution < -0.4 is 4.74 Å². The summed E-state index contributed by atoms with van der Waals surface area (Å²) < 4.78 is 37.4. The second-order valence-electron chi connectivity index (χ2n) is 6.82. The van der Waals surface area contributed by atoms with Crippen LogP contribution in [-0.4, -0.2) is 36.3 Å². The van der Waals surface area contributed by atoms with Gasteiger partial charge < -0.3 is 14.4 Å². The number of ether oxygens (including phenoxy) is 2. The predicted octanol–water partition coefficient (Wildman–Crippen LogP) is 3.99. The lowest BCUT2D eigenvalue weighted by molar-refractivity contribution is 0.0138. The fourth-order valence-electron chi connectivity index (χ4n) is 2.49. The Bertz CT molecular complexity index is 557. The maximum atomic E-state index is 13.5. The van der Waals surface area contributed by atoms with Crippen LogP contribution in [0.2, 0.25) is 0 Å². The van der Waals surface area contributed by atoms with Crippen LogP contribution in [0.4, 0.5) is 13.6 Å². The van der Waals surface area contributed by atoms with E-state index in [2.05, 4.69) is 0 Å². The van der Waals surface area contributed by atoms with Crippen molar-refractivity contribution in [2.24, 2.45) is 5.92 Å². The van der Waals surface area contributed by atoms with Gasteiger partial charge in [-0.25, -0.2) is 13.6 Å². The van der Waals surface area contributed by atoms with E-state index >= 15 is 0 Å². The Kier molecular flexibility index (Phi) is 5.44. The molecule has 0 radical (unpaired) electrons. The monoisotopic (exact) mass is 327 g/mol. The molecular weight excluding hydrogens is 304 g/mol. The van der Waals surface area contributed by atoms with E-state index in [0.29, 0.717) is 13.1 Å². The highest BCUT2D eigenvalue weighted by atomic mass is 19.1. The lowest BCUT2D eigenvalue weighted by Crippen LogP contribution is -2.44. The van der Waals surface area contributed by atoms with Gasteiger partial charge in [0, 0.05) is 25.1 Å². The molecule has 0 N–H and O–H groups in total. The number of carbonyl (C=O) groups is 1. The molecule has 23 heavy (non-hydrogen) atoms. The quantitative estimate of drug-likeness (QED) is 0.842. The number of benzene rings is 1. The fourth-order valence-corrected chi connectivity index (χ4v) is 2.49. The normalized spacial score (nSPS) is 18.7. The zero-order valence-electron chi connectivity index (χ0n) is 13.8. The number of piperidine rings is 1. The standard InChI is InChI=1S/C17H23F2NO3/c1-17(2,3)23-16(21)20-8-4-5-12(10-20)11-22-15-9-13(18)6-7-14(15)19/h6-7,9,12H,4-5,8,10-11H2,1-3H3/t12-/m1/s1. The molecule has 2 rings (SSSR count). The first-order valence-electron chi connectivity index (χ1n) is 7.80. The number of nitrogens with zero attached hydrogens (tertiary/aromatic N) is 1. The number of hydrogen-bond donors (Lipinski definition) is 0. The summed E-state index contributed by atoms with van der Waals surface area (Å²) >= 11 is 0. The predicted molar refractivity (Wildman–Crippen MR) is 82.4 cm³/mol. The summed E-state index contributed by atoms with van der Waals surface area (Å²) in [6.45, 7) is 6.83. The highest BCUT2D eigenvalue weighted by Crippen LogP contribution is 2.23. The van der Waals surface area contributed by atoms with Crippen molar-refractivity contribution in [1.82, 2.24) is 4.90 Å². The Morgan fingerprint density at radius 3 is 2.78 bits per heavy atom. The van der Waals surface area contributed by atoms with Crippen molar-refractivity contribution in [3.8, 4) is 5.75 Å². The summed E-state index contributed by atoms with van der Waals surface area (Å²) in [6, 6.07) is 3.12. The summed E-state index contributed by atoms with van der Waals surface area (Å²) in [4.78, 5) is 13.7. The van der Waals surface area contributed by atoms with Gasteiger partial charge in [-0.3, -0.25) is 0 Å². The third-order valence-electron chi connectivity index (χ3n) is 3.54. The van der Waals surface area contributed by atoms with Crippen molar-refractivity contribution in [2.75, 3.05) is 19.7 Å². The van der Waals surface area contributed by atoms with Gasteiger partial charge in [0.2, 0.25) is 0 Å². The minimum absolute atomic E-state index is 0.0685. The highest BCUT2D eigenvalue weighted by molar-refractivity contribution is 5.68. The molecule has 0 bridgehead atoms. The lowest BCUT2D eigenvalue weighted by Gasteiger charge is -2.34. The van der Waals surface area contributed by atoms with E-state index in [9.17, 15) is 13.6 Å². The van der Waals surface area contributed by atoms with Crippen molar-refractivity contribution in [3.05, 3.63) is 29.8 Å². The maximum Gasteiger partial charge on any atom is 0.410 e. The second-order valence-corrected chi connectivity index (χ2v) is 6.82. The van der Waals surface area contributed by atoms with Crippen molar-refractivity contribution in [1.29, 1.82) is 0 Å². The summed E-state index contributed by atoms with van der Waals surface area (Å²) in [5.41, 5.74) is -0.536. The zero-order chi connectivity index (χ0) is 17.0. The molecule has 1 aliphatic rings. The Hall–Kier alpha value is -1.85.